The van der Waals surface area contributed by atoms with Gasteiger partial charge in [-0.15, -0.1) is 10.2 Å². The van der Waals surface area contributed by atoms with Gasteiger partial charge in [-0.2, -0.15) is 10.3 Å². The summed E-state index contributed by atoms with van der Waals surface area (Å²) in [7, 11) is 0. The minimum Gasteiger partial charge on any atom is -0.281 e. The molecule has 26 heavy (non-hydrogen) atoms. The van der Waals surface area contributed by atoms with Crippen molar-refractivity contribution >= 4 is 6.08 Å². The summed E-state index contributed by atoms with van der Waals surface area (Å²) in [5.41, 5.74) is 4.72. The van der Waals surface area contributed by atoms with Crippen molar-refractivity contribution in [2.75, 3.05) is 0 Å². The summed E-state index contributed by atoms with van der Waals surface area (Å²) < 4.78 is 0. The fraction of sp³-hybridized carbons (Fsp3) is 0.111. The summed E-state index contributed by atoms with van der Waals surface area (Å²) in [6, 6.07) is 8.19. The van der Waals surface area contributed by atoms with Gasteiger partial charge in [-0.3, -0.25) is 15.1 Å². The van der Waals surface area contributed by atoms with E-state index in [1.165, 1.54) is 0 Å². The number of rotatable bonds is 3. The third kappa shape index (κ3) is 2.16. The van der Waals surface area contributed by atoms with Gasteiger partial charge in [-0.1, -0.05) is 12.2 Å². The van der Waals surface area contributed by atoms with Crippen LogP contribution < -0.4 is 0 Å². The molecule has 4 heterocycles. The molecule has 126 valence electrons. The largest absolute Gasteiger partial charge is 0.281 e. The Labute approximate surface area is 148 Å². The van der Waals surface area contributed by atoms with Crippen LogP contribution in [0.3, 0.4) is 0 Å². The molecule has 0 saturated heterocycles. The summed E-state index contributed by atoms with van der Waals surface area (Å²) in [6.07, 6.45) is 12.3. The number of nitrogens with zero attached hydrogens (tertiary/aromatic N) is 6. The fourth-order valence-electron chi connectivity index (χ4n) is 3.56. The molecule has 0 radical (unpaired) electrons. The first kappa shape index (κ1) is 14.6. The molecule has 4 aromatic rings. The topological polar surface area (TPSA) is 109 Å². The predicted molar refractivity (Wildman–Crippen MR) is 93.8 cm³/mol. The standard InChI is InChI=1S/C18H14N8/c1-6-18(12-2-7-19-8-3-12,13-4-9-20-10-5-13)11-15-14(1)16(22-21-15)17-23-25-26-24-17/h1-10H,11H2,(H,21,22)(H,23,24,25,26). The molecule has 0 aromatic carbocycles. The van der Waals surface area contributed by atoms with Crippen molar-refractivity contribution in [1.82, 2.24) is 40.8 Å². The zero-order valence-corrected chi connectivity index (χ0v) is 13.7. The smallest absolute Gasteiger partial charge is 0.225 e. The van der Waals surface area contributed by atoms with Crippen LogP contribution in [0.4, 0.5) is 0 Å². The number of pyridine rings is 2. The van der Waals surface area contributed by atoms with Gasteiger partial charge in [0.2, 0.25) is 5.82 Å². The average molecular weight is 342 g/mol. The number of nitrogens with one attached hydrogen (secondary N) is 2. The molecule has 8 heteroatoms. The predicted octanol–water partition coefficient (Wildman–Crippen LogP) is 1.94. The highest BCUT2D eigenvalue weighted by molar-refractivity contribution is 5.73. The van der Waals surface area contributed by atoms with Crippen molar-refractivity contribution in [3.8, 4) is 11.5 Å². The molecule has 8 nitrogen and oxygen atoms in total. The Kier molecular flexibility index (Phi) is 3.21. The number of aromatic nitrogens is 8. The molecular formula is C18H14N8. The van der Waals surface area contributed by atoms with E-state index in [4.69, 9.17) is 0 Å². The monoisotopic (exact) mass is 342 g/mol. The summed E-state index contributed by atoms with van der Waals surface area (Å²) in [5.74, 6) is 0.479. The highest BCUT2D eigenvalue weighted by Crippen LogP contribution is 2.42. The van der Waals surface area contributed by atoms with Gasteiger partial charge in [-0.05, 0) is 40.6 Å². The second-order valence-corrected chi connectivity index (χ2v) is 6.15. The summed E-state index contributed by atoms with van der Waals surface area (Å²) in [4.78, 5) is 8.33. The van der Waals surface area contributed by atoms with Crippen LogP contribution in [0.2, 0.25) is 0 Å². The van der Waals surface area contributed by atoms with Crippen LogP contribution >= 0.6 is 0 Å². The molecule has 1 aliphatic carbocycles. The Morgan fingerprint density at radius 3 is 2.19 bits per heavy atom. The van der Waals surface area contributed by atoms with E-state index in [0.29, 0.717) is 11.5 Å². The van der Waals surface area contributed by atoms with E-state index in [1.807, 2.05) is 49.1 Å². The van der Waals surface area contributed by atoms with Crippen molar-refractivity contribution in [3.63, 3.8) is 0 Å². The second kappa shape index (κ2) is 5.69. The van der Waals surface area contributed by atoms with Gasteiger partial charge in [0.1, 0.15) is 5.69 Å². The molecule has 0 atom stereocenters. The first-order valence-electron chi connectivity index (χ1n) is 8.18. The van der Waals surface area contributed by atoms with Gasteiger partial charge >= 0.3 is 0 Å². The van der Waals surface area contributed by atoms with Crippen molar-refractivity contribution in [3.05, 3.63) is 77.5 Å². The molecule has 0 spiro atoms. The summed E-state index contributed by atoms with van der Waals surface area (Å²) >= 11 is 0. The van der Waals surface area contributed by atoms with Gasteiger partial charge in [0, 0.05) is 47.9 Å². The summed E-state index contributed by atoms with van der Waals surface area (Å²) in [5, 5.41) is 21.7. The van der Waals surface area contributed by atoms with Gasteiger partial charge in [0.15, 0.2) is 0 Å². The minimum atomic E-state index is -0.320. The highest BCUT2D eigenvalue weighted by atomic mass is 15.5. The average Bonchev–Trinajstić information content (AvgIpc) is 3.38. The molecule has 0 aliphatic heterocycles. The Bertz CT molecular complexity index is 1010. The van der Waals surface area contributed by atoms with Gasteiger partial charge in [0.25, 0.3) is 0 Å². The maximum Gasteiger partial charge on any atom is 0.225 e. The van der Waals surface area contributed by atoms with Crippen molar-refractivity contribution < 1.29 is 0 Å². The lowest BCUT2D eigenvalue weighted by atomic mass is 9.69. The van der Waals surface area contributed by atoms with Crippen molar-refractivity contribution in [1.29, 1.82) is 0 Å². The molecular weight excluding hydrogens is 328 g/mol. The highest BCUT2D eigenvalue weighted by Gasteiger charge is 2.37. The van der Waals surface area contributed by atoms with Crippen molar-refractivity contribution in [2.24, 2.45) is 0 Å². The van der Waals surface area contributed by atoms with Gasteiger partial charge < -0.3 is 0 Å². The van der Waals surface area contributed by atoms with Crippen molar-refractivity contribution in [2.45, 2.75) is 11.8 Å². The molecule has 2 N–H and O–H groups in total. The molecule has 0 amide bonds. The molecule has 5 rings (SSSR count). The fourth-order valence-corrected chi connectivity index (χ4v) is 3.56. The van der Waals surface area contributed by atoms with E-state index < -0.39 is 0 Å². The Balaban J connectivity index is 1.67. The third-order valence-electron chi connectivity index (χ3n) is 4.82. The normalized spacial score (nSPS) is 14.9. The molecule has 0 bridgehead atoms. The first-order chi connectivity index (χ1) is 12.9. The SMILES string of the molecule is C1=CC(c2ccncc2)(c2ccncc2)Cc2[nH]nc(-c3nn[nH]n3)c21. The summed E-state index contributed by atoms with van der Waals surface area (Å²) in [6.45, 7) is 0. The number of H-pyrrole nitrogens is 2. The number of hydrogen-bond acceptors (Lipinski definition) is 6. The molecule has 0 fully saturated rings. The lowest BCUT2D eigenvalue weighted by Crippen LogP contribution is -2.30. The Hall–Kier alpha value is -3.68. The molecule has 0 saturated carbocycles. The number of hydrogen-bond donors (Lipinski definition) is 2. The number of fused-ring (bicyclic) bond motifs is 1. The lowest BCUT2D eigenvalue weighted by Gasteiger charge is -2.34. The van der Waals surface area contributed by atoms with Gasteiger partial charge in [0.05, 0.1) is 0 Å². The molecule has 4 aromatic heterocycles. The zero-order valence-electron chi connectivity index (χ0n) is 13.7. The molecule has 1 aliphatic rings. The number of aromatic amines is 2. The maximum absolute atomic E-state index is 4.41. The molecule has 0 unspecified atom stereocenters. The van der Waals surface area contributed by atoms with Crippen LogP contribution in [-0.2, 0) is 11.8 Å². The van der Waals surface area contributed by atoms with Crippen LogP contribution in [0.15, 0.2) is 55.1 Å². The lowest BCUT2D eigenvalue weighted by molar-refractivity contribution is 0.619. The van der Waals surface area contributed by atoms with Crippen LogP contribution in [0, 0.1) is 0 Å². The quantitative estimate of drug-likeness (QED) is 0.589. The first-order valence-corrected chi connectivity index (χ1v) is 8.18. The van der Waals surface area contributed by atoms with Crippen LogP contribution in [0.25, 0.3) is 17.6 Å². The van der Waals surface area contributed by atoms with E-state index in [2.05, 4.69) is 52.9 Å². The second-order valence-electron chi connectivity index (χ2n) is 6.15. The van der Waals surface area contributed by atoms with E-state index in [0.717, 1.165) is 28.8 Å². The van der Waals surface area contributed by atoms with E-state index in [-0.39, 0.29) is 5.41 Å². The Morgan fingerprint density at radius 2 is 1.58 bits per heavy atom. The maximum atomic E-state index is 4.41. The third-order valence-corrected chi connectivity index (χ3v) is 4.82. The van der Waals surface area contributed by atoms with Gasteiger partial charge in [-0.25, -0.2) is 0 Å². The zero-order chi connectivity index (χ0) is 17.4. The van der Waals surface area contributed by atoms with E-state index in [1.54, 1.807) is 0 Å². The van der Waals surface area contributed by atoms with Crippen LogP contribution in [0.5, 0.6) is 0 Å². The van der Waals surface area contributed by atoms with E-state index >= 15 is 0 Å². The minimum absolute atomic E-state index is 0.320. The van der Waals surface area contributed by atoms with Crippen LogP contribution in [0.1, 0.15) is 22.4 Å². The Morgan fingerprint density at radius 1 is 0.885 bits per heavy atom. The van der Waals surface area contributed by atoms with Crippen LogP contribution in [-0.4, -0.2) is 40.8 Å². The van der Waals surface area contributed by atoms with E-state index in [9.17, 15) is 0 Å². The number of tetrazole rings is 1. The number of allylic oxidation sites excluding steroid dienone is 1.